The standard InChI is InChI=1S/C15H23F2NO/c1-10(2)8-15(3,4)18-9-11-13(19-5)7-6-12(16)14(11)17/h6-7,10,18H,8-9H2,1-5H3. The Morgan fingerprint density at radius 3 is 2.42 bits per heavy atom. The molecule has 0 aliphatic carbocycles. The lowest BCUT2D eigenvalue weighted by molar-refractivity contribution is 0.309. The minimum Gasteiger partial charge on any atom is -0.496 e. The van der Waals surface area contributed by atoms with E-state index >= 15 is 0 Å². The van der Waals surface area contributed by atoms with E-state index in [4.69, 9.17) is 4.74 Å². The SMILES string of the molecule is COc1ccc(F)c(F)c1CNC(C)(C)CC(C)C. The monoisotopic (exact) mass is 271 g/mol. The lowest BCUT2D eigenvalue weighted by atomic mass is 9.92. The highest BCUT2D eigenvalue weighted by Crippen LogP contribution is 2.25. The molecule has 0 unspecified atom stereocenters. The van der Waals surface area contributed by atoms with Crippen LogP contribution in [0, 0.1) is 17.6 Å². The van der Waals surface area contributed by atoms with Crippen molar-refractivity contribution < 1.29 is 13.5 Å². The molecule has 0 bridgehead atoms. The quantitative estimate of drug-likeness (QED) is 0.847. The van der Waals surface area contributed by atoms with Crippen molar-refractivity contribution in [2.24, 2.45) is 5.92 Å². The molecule has 0 amide bonds. The summed E-state index contributed by atoms with van der Waals surface area (Å²) in [6, 6.07) is 2.53. The summed E-state index contributed by atoms with van der Waals surface area (Å²) in [7, 11) is 1.45. The van der Waals surface area contributed by atoms with Crippen molar-refractivity contribution in [3.63, 3.8) is 0 Å². The molecule has 0 aliphatic rings. The van der Waals surface area contributed by atoms with Gasteiger partial charge in [-0.25, -0.2) is 8.78 Å². The number of halogens is 2. The van der Waals surface area contributed by atoms with Crippen molar-refractivity contribution in [1.29, 1.82) is 0 Å². The van der Waals surface area contributed by atoms with E-state index in [1.165, 1.54) is 13.2 Å². The molecule has 1 aromatic rings. The predicted octanol–water partition coefficient (Wildman–Crippen LogP) is 3.89. The molecule has 108 valence electrons. The van der Waals surface area contributed by atoms with Crippen LogP contribution in [0.1, 0.15) is 39.7 Å². The van der Waals surface area contributed by atoms with Crippen LogP contribution in [0.3, 0.4) is 0 Å². The first-order chi connectivity index (χ1) is 8.76. The average molecular weight is 271 g/mol. The Hall–Kier alpha value is -1.16. The molecule has 2 nitrogen and oxygen atoms in total. The molecule has 0 aliphatic heterocycles. The van der Waals surface area contributed by atoms with Gasteiger partial charge in [-0.3, -0.25) is 0 Å². The highest BCUT2D eigenvalue weighted by atomic mass is 19.2. The molecule has 1 rings (SSSR count). The molecule has 0 radical (unpaired) electrons. The second-order valence-corrected chi connectivity index (χ2v) is 5.88. The fourth-order valence-electron chi connectivity index (χ4n) is 2.35. The van der Waals surface area contributed by atoms with Crippen molar-refractivity contribution in [3.05, 3.63) is 29.3 Å². The molecule has 1 aromatic carbocycles. The van der Waals surface area contributed by atoms with Gasteiger partial charge in [-0.05, 0) is 38.3 Å². The van der Waals surface area contributed by atoms with Crippen molar-refractivity contribution in [2.75, 3.05) is 7.11 Å². The molecule has 0 fully saturated rings. The van der Waals surface area contributed by atoms with Gasteiger partial charge in [0.25, 0.3) is 0 Å². The fourth-order valence-corrected chi connectivity index (χ4v) is 2.35. The summed E-state index contributed by atoms with van der Waals surface area (Å²) in [5, 5.41) is 3.26. The normalized spacial score (nSPS) is 12.0. The molecule has 1 N–H and O–H groups in total. The van der Waals surface area contributed by atoms with Crippen molar-refractivity contribution >= 4 is 0 Å². The van der Waals surface area contributed by atoms with Gasteiger partial charge in [-0.2, -0.15) is 0 Å². The van der Waals surface area contributed by atoms with Gasteiger partial charge in [-0.1, -0.05) is 13.8 Å². The van der Waals surface area contributed by atoms with Gasteiger partial charge in [0.05, 0.1) is 7.11 Å². The third-order valence-electron chi connectivity index (χ3n) is 3.04. The van der Waals surface area contributed by atoms with Gasteiger partial charge in [0.1, 0.15) is 5.75 Å². The summed E-state index contributed by atoms with van der Waals surface area (Å²) < 4.78 is 32.1. The molecular weight excluding hydrogens is 248 g/mol. The van der Waals surface area contributed by atoms with Crippen LogP contribution < -0.4 is 10.1 Å². The third kappa shape index (κ3) is 4.46. The van der Waals surface area contributed by atoms with E-state index in [1.807, 2.05) is 0 Å². The van der Waals surface area contributed by atoms with Gasteiger partial charge in [0.2, 0.25) is 0 Å². The van der Waals surface area contributed by atoms with Crippen LogP contribution in [-0.4, -0.2) is 12.6 Å². The summed E-state index contributed by atoms with van der Waals surface area (Å²) in [6.07, 6.45) is 0.951. The molecule has 0 saturated carbocycles. The first-order valence-electron chi connectivity index (χ1n) is 6.52. The van der Waals surface area contributed by atoms with Crippen LogP contribution in [0.15, 0.2) is 12.1 Å². The number of methoxy groups -OCH3 is 1. The van der Waals surface area contributed by atoms with Crippen LogP contribution in [0.5, 0.6) is 5.75 Å². The smallest absolute Gasteiger partial charge is 0.167 e. The molecule has 0 atom stereocenters. The summed E-state index contributed by atoms with van der Waals surface area (Å²) in [4.78, 5) is 0. The fraction of sp³-hybridized carbons (Fsp3) is 0.600. The Labute approximate surface area is 114 Å². The van der Waals surface area contributed by atoms with Gasteiger partial charge in [0, 0.05) is 17.6 Å². The summed E-state index contributed by atoms with van der Waals surface area (Å²) >= 11 is 0. The number of rotatable bonds is 6. The summed E-state index contributed by atoms with van der Waals surface area (Å²) in [6.45, 7) is 8.61. The Morgan fingerprint density at radius 2 is 1.89 bits per heavy atom. The topological polar surface area (TPSA) is 21.3 Å². The van der Waals surface area contributed by atoms with Crippen LogP contribution in [0.25, 0.3) is 0 Å². The maximum absolute atomic E-state index is 13.8. The Morgan fingerprint density at radius 1 is 1.26 bits per heavy atom. The highest BCUT2D eigenvalue weighted by Gasteiger charge is 2.21. The van der Waals surface area contributed by atoms with Crippen molar-refractivity contribution in [2.45, 2.75) is 46.2 Å². The maximum atomic E-state index is 13.8. The Bertz CT molecular complexity index is 430. The van der Waals surface area contributed by atoms with Crippen LogP contribution in [0.2, 0.25) is 0 Å². The van der Waals surface area contributed by atoms with E-state index in [-0.39, 0.29) is 17.6 Å². The van der Waals surface area contributed by atoms with E-state index in [0.29, 0.717) is 11.7 Å². The molecule has 4 heteroatoms. The first kappa shape index (κ1) is 15.9. The van der Waals surface area contributed by atoms with Gasteiger partial charge in [-0.15, -0.1) is 0 Å². The van der Waals surface area contributed by atoms with E-state index in [9.17, 15) is 8.78 Å². The van der Waals surface area contributed by atoms with Gasteiger partial charge < -0.3 is 10.1 Å². The van der Waals surface area contributed by atoms with E-state index in [0.717, 1.165) is 12.5 Å². The van der Waals surface area contributed by atoms with Gasteiger partial charge >= 0.3 is 0 Å². The molecule has 19 heavy (non-hydrogen) atoms. The second kappa shape index (κ2) is 6.33. The zero-order valence-electron chi connectivity index (χ0n) is 12.3. The van der Waals surface area contributed by atoms with Gasteiger partial charge in [0.15, 0.2) is 11.6 Å². The van der Waals surface area contributed by atoms with E-state index in [2.05, 4.69) is 33.0 Å². The minimum absolute atomic E-state index is 0.141. The van der Waals surface area contributed by atoms with E-state index < -0.39 is 11.6 Å². The van der Waals surface area contributed by atoms with Crippen LogP contribution >= 0.6 is 0 Å². The number of benzene rings is 1. The van der Waals surface area contributed by atoms with Crippen LogP contribution in [-0.2, 0) is 6.54 Å². The zero-order valence-corrected chi connectivity index (χ0v) is 12.3. The number of ether oxygens (including phenoxy) is 1. The van der Waals surface area contributed by atoms with Crippen LogP contribution in [0.4, 0.5) is 8.78 Å². The zero-order chi connectivity index (χ0) is 14.6. The largest absolute Gasteiger partial charge is 0.496 e. The molecule has 0 heterocycles. The van der Waals surface area contributed by atoms with E-state index in [1.54, 1.807) is 0 Å². The third-order valence-corrected chi connectivity index (χ3v) is 3.04. The summed E-state index contributed by atoms with van der Waals surface area (Å²) in [5.74, 6) is -0.792. The number of nitrogens with one attached hydrogen (secondary N) is 1. The van der Waals surface area contributed by atoms with Crippen molar-refractivity contribution in [3.8, 4) is 5.75 Å². The maximum Gasteiger partial charge on any atom is 0.167 e. The number of hydrogen-bond donors (Lipinski definition) is 1. The lowest BCUT2D eigenvalue weighted by Gasteiger charge is -2.28. The number of hydrogen-bond acceptors (Lipinski definition) is 2. The lowest BCUT2D eigenvalue weighted by Crippen LogP contribution is -2.40. The summed E-state index contributed by atoms with van der Waals surface area (Å²) in [5.41, 5.74) is 0.0946. The average Bonchev–Trinajstić information content (AvgIpc) is 2.29. The second-order valence-electron chi connectivity index (χ2n) is 5.88. The highest BCUT2D eigenvalue weighted by molar-refractivity contribution is 5.35. The van der Waals surface area contributed by atoms with Crippen molar-refractivity contribution in [1.82, 2.24) is 5.32 Å². The Kier molecular flexibility index (Phi) is 5.29. The molecule has 0 spiro atoms. The molecule has 0 aromatic heterocycles. The predicted molar refractivity (Wildman–Crippen MR) is 73.3 cm³/mol. The molecule has 0 saturated heterocycles. The molecular formula is C15H23F2NO. The first-order valence-corrected chi connectivity index (χ1v) is 6.52. The Balaban J connectivity index is 2.85. The minimum atomic E-state index is -0.848.